The number of aromatic nitrogens is 3. The summed E-state index contributed by atoms with van der Waals surface area (Å²) in [5.74, 6) is 10.8. The molecule has 2 aromatic carbocycles. The maximum Gasteiger partial charge on any atom is 0.416 e. The monoisotopic (exact) mass is 680 g/mol. The molecule has 6 rings (SSSR count). The van der Waals surface area contributed by atoms with Gasteiger partial charge in [-0.05, 0) is 78.5 Å². The lowest BCUT2D eigenvalue weighted by molar-refractivity contribution is -0.138. The Balaban J connectivity index is 1.23. The third kappa shape index (κ3) is 6.99. The van der Waals surface area contributed by atoms with Crippen LogP contribution in [0.4, 0.5) is 18.9 Å². The van der Waals surface area contributed by atoms with Gasteiger partial charge in [-0.3, -0.25) is 14.5 Å². The number of unbranched alkanes of at least 4 members (excludes halogenated alkanes) is 2. The summed E-state index contributed by atoms with van der Waals surface area (Å²) >= 11 is 0. The Hall–Kier alpha value is -5.05. The first-order valence-electron chi connectivity index (χ1n) is 16.8. The van der Waals surface area contributed by atoms with E-state index < -0.39 is 29.0 Å². The van der Waals surface area contributed by atoms with E-state index in [9.17, 15) is 22.8 Å². The highest BCUT2D eigenvalue weighted by molar-refractivity contribution is 6.10. The van der Waals surface area contributed by atoms with Crippen LogP contribution < -0.4 is 10.2 Å². The number of alkyl halides is 3. The zero-order chi connectivity index (χ0) is 35.6. The molecule has 11 heteroatoms. The normalized spacial score (nSPS) is 23.2. The first kappa shape index (κ1) is 34.8. The maximum atomic E-state index is 14.6. The van der Waals surface area contributed by atoms with Crippen LogP contribution in [0.5, 0.6) is 0 Å². The summed E-state index contributed by atoms with van der Waals surface area (Å²) in [5, 5.41) is 11.4. The highest BCUT2D eigenvalue weighted by atomic mass is 19.4. The fraction of sp³-hybridized carbons (Fsp3) is 0.436. The van der Waals surface area contributed by atoms with Gasteiger partial charge in [-0.1, -0.05) is 25.0 Å². The number of anilines is 1. The quantitative estimate of drug-likeness (QED) is 0.253. The van der Waals surface area contributed by atoms with E-state index in [1.165, 1.54) is 4.90 Å². The number of carbonyl (C=O) groups is 2. The van der Waals surface area contributed by atoms with Crippen LogP contribution in [0, 0.1) is 48.4 Å². The molecule has 0 bridgehead atoms. The molecule has 2 aliphatic heterocycles. The molecule has 3 heterocycles. The Morgan fingerprint density at radius 1 is 1.14 bits per heavy atom. The van der Waals surface area contributed by atoms with Crippen LogP contribution in [-0.4, -0.2) is 50.6 Å². The number of hydrogen-bond donors (Lipinski definition) is 1. The minimum Gasteiger partial charge on any atom is -0.341 e. The smallest absolute Gasteiger partial charge is 0.341 e. The first-order chi connectivity index (χ1) is 23.9. The first-order valence-corrected chi connectivity index (χ1v) is 16.8. The number of nitrogens with one attached hydrogen (secondary N) is 1. The van der Waals surface area contributed by atoms with Crippen LogP contribution in [-0.2, 0) is 36.5 Å². The van der Waals surface area contributed by atoms with Crippen LogP contribution in [0.25, 0.3) is 0 Å². The van der Waals surface area contributed by atoms with Gasteiger partial charge in [-0.15, -0.1) is 34.9 Å². The fourth-order valence-corrected chi connectivity index (χ4v) is 7.83. The van der Waals surface area contributed by atoms with Gasteiger partial charge in [0, 0.05) is 62.7 Å². The Morgan fingerprint density at radius 3 is 2.62 bits per heavy atom. The molecule has 3 aliphatic rings. The predicted molar refractivity (Wildman–Crippen MR) is 183 cm³/mol. The minimum absolute atomic E-state index is 0.0379. The molecule has 2 atom stereocenters. The summed E-state index contributed by atoms with van der Waals surface area (Å²) in [7, 11) is 1.90. The minimum atomic E-state index is -4.67. The molecule has 3 aromatic rings. The van der Waals surface area contributed by atoms with E-state index in [0.717, 1.165) is 30.3 Å². The van der Waals surface area contributed by atoms with Crippen molar-refractivity contribution in [3.63, 3.8) is 0 Å². The van der Waals surface area contributed by atoms with Crippen LogP contribution in [0.15, 0.2) is 42.7 Å². The second-order valence-electron chi connectivity index (χ2n) is 13.8. The number of likely N-dealkylation sites (tertiary alicyclic amines) is 1. The van der Waals surface area contributed by atoms with Gasteiger partial charge in [0.15, 0.2) is 0 Å². The highest BCUT2D eigenvalue weighted by Gasteiger charge is 2.48. The number of fused-ring (bicyclic) bond motifs is 1. The van der Waals surface area contributed by atoms with Gasteiger partial charge in [0.25, 0.3) is 11.8 Å². The fourth-order valence-electron chi connectivity index (χ4n) is 7.83. The second kappa shape index (κ2) is 14.1. The van der Waals surface area contributed by atoms with E-state index in [0.29, 0.717) is 55.9 Å². The van der Waals surface area contributed by atoms with E-state index in [4.69, 9.17) is 12.8 Å². The number of carbonyl (C=O) groups excluding carboxylic acids is 2. The van der Waals surface area contributed by atoms with Crippen molar-refractivity contribution in [3.05, 3.63) is 76.4 Å². The van der Waals surface area contributed by atoms with Gasteiger partial charge in [0.1, 0.15) is 12.2 Å². The van der Waals surface area contributed by atoms with Gasteiger partial charge in [0.05, 0.1) is 17.5 Å². The molecular weight excluding hydrogens is 641 g/mol. The Kier molecular flexibility index (Phi) is 9.78. The summed E-state index contributed by atoms with van der Waals surface area (Å²) < 4.78 is 45.7. The summed E-state index contributed by atoms with van der Waals surface area (Å²) in [6, 6.07) is 9.88. The van der Waals surface area contributed by atoms with Crippen molar-refractivity contribution >= 4 is 17.5 Å². The highest BCUT2D eigenvalue weighted by Crippen LogP contribution is 2.52. The molecule has 1 aromatic heterocycles. The molecule has 2 unspecified atom stereocenters. The lowest BCUT2D eigenvalue weighted by Gasteiger charge is -2.46. The molecule has 8 nitrogen and oxygen atoms in total. The van der Waals surface area contributed by atoms with E-state index in [1.807, 2.05) is 34.7 Å². The van der Waals surface area contributed by atoms with E-state index in [1.54, 1.807) is 18.5 Å². The molecule has 0 spiro atoms. The lowest BCUT2D eigenvalue weighted by Crippen LogP contribution is -2.50. The van der Waals surface area contributed by atoms with Crippen LogP contribution in [0.3, 0.4) is 0 Å². The second-order valence-corrected chi connectivity index (χ2v) is 13.8. The summed E-state index contributed by atoms with van der Waals surface area (Å²) in [5.41, 5.74) is 0.618. The molecule has 1 N–H and O–H groups in total. The molecule has 1 saturated heterocycles. The molecule has 50 heavy (non-hydrogen) atoms. The Labute approximate surface area is 290 Å². The van der Waals surface area contributed by atoms with Crippen molar-refractivity contribution in [2.75, 3.05) is 18.0 Å². The molecule has 2 fully saturated rings. The molecule has 258 valence electrons. The number of terminal acetylenes is 2. The largest absolute Gasteiger partial charge is 0.416 e. The summed E-state index contributed by atoms with van der Waals surface area (Å²) in [6.07, 6.45) is 12.0. The van der Waals surface area contributed by atoms with E-state index in [-0.39, 0.29) is 36.2 Å². The number of halogens is 3. The van der Waals surface area contributed by atoms with Gasteiger partial charge in [-0.25, -0.2) is 0 Å². The number of rotatable bonds is 8. The van der Waals surface area contributed by atoms with Gasteiger partial charge < -0.3 is 14.8 Å². The van der Waals surface area contributed by atoms with Crippen LogP contribution >= 0.6 is 0 Å². The van der Waals surface area contributed by atoms with Crippen molar-refractivity contribution in [2.24, 2.45) is 18.9 Å². The van der Waals surface area contributed by atoms with Gasteiger partial charge >= 0.3 is 6.18 Å². The number of hydrogen-bond acceptors (Lipinski definition) is 5. The third-order valence-electron chi connectivity index (χ3n) is 9.98. The van der Waals surface area contributed by atoms with Crippen LogP contribution in [0.1, 0.15) is 83.9 Å². The summed E-state index contributed by atoms with van der Waals surface area (Å²) in [4.78, 5) is 29.8. The third-order valence-corrected chi connectivity index (χ3v) is 9.98. The van der Waals surface area contributed by atoms with Crippen molar-refractivity contribution < 1.29 is 22.8 Å². The zero-order valence-electron chi connectivity index (χ0n) is 28.2. The van der Waals surface area contributed by atoms with Crippen molar-refractivity contribution in [1.29, 1.82) is 0 Å². The van der Waals surface area contributed by atoms with Gasteiger partial charge in [-0.2, -0.15) is 13.2 Å². The standard InChI is InChI=1S/C39H39F3N6O2/c1-5-7-8-9-10-14-35(49)44-30-15-27(6-2)21-47(23-30)22-28-16-32-33(34(17-28)39(40,41)42)24-48(36(32)50)31-13-11-12-29(18-31)38(19-26(3)20-38)37-45-43-25-46(37)4/h1-2,11-13,16-18,25-27,30H,7-9,15,19-24H2,3-4H3,(H,44,49). The van der Waals surface area contributed by atoms with Crippen molar-refractivity contribution in [3.8, 4) is 36.5 Å². The van der Waals surface area contributed by atoms with Gasteiger partial charge in [0.2, 0.25) is 0 Å². The summed E-state index contributed by atoms with van der Waals surface area (Å²) in [6.45, 7) is 2.92. The lowest BCUT2D eigenvalue weighted by atomic mass is 9.58. The molecule has 1 aliphatic carbocycles. The molecule has 0 radical (unpaired) electrons. The maximum absolute atomic E-state index is 14.6. The van der Waals surface area contributed by atoms with E-state index >= 15 is 0 Å². The Morgan fingerprint density at radius 2 is 1.94 bits per heavy atom. The van der Waals surface area contributed by atoms with Crippen molar-refractivity contribution in [1.82, 2.24) is 25.0 Å². The van der Waals surface area contributed by atoms with E-state index in [2.05, 4.69) is 46.1 Å². The average molecular weight is 681 g/mol. The van der Waals surface area contributed by atoms with Crippen molar-refractivity contribution in [2.45, 2.75) is 76.2 Å². The number of nitrogens with zero attached hydrogens (tertiary/aromatic N) is 5. The Bertz CT molecular complexity index is 1940. The number of piperidine rings is 1. The number of benzene rings is 2. The molecular formula is C39H39F3N6O2. The SMILES string of the molecule is C#CCCCC#CC(=O)NC1CC(C#C)CN(Cc2cc3c(c(C(F)(F)F)c2)CN(c2cccc(C4(c5nncn5C)CC(C)C4)c2)C3=O)C1. The topological polar surface area (TPSA) is 83.4 Å². The zero-order valence-corrected chi connectivity index (χ0v) is 28.2. The predicted octanol–water partition coefficient (Wildman–Crippen LogP) is 5.46. The molecule has 1 saturated carbocycles. The number of aryl methyl sites for hydroxylation is 1. The molecule has 2 amide bonds. The van der Waals surface area contributed by atoms with Crippen LogP contribution in [0.2, 0.25) is 0 Å². The average Bonchev–Trinajstić information content (AvgIpc) is 3.64. The number of amides is 2.